The van der Waals surface area contributed by atoms with Crippen molar-refractivity contribution in [2.45, 2.75) is 47.2 Å². The molecule has 0 aromatic heterocycles. The number of halogens is 1. The second-order valence-corrected chi connectivity index (χ2v) is 11.8. The highest BCUT2D eigenvalue weighted by Gasteiger charge is 2.30. The molecular weight excluding hydrogens is 518 g/mol. The number of anilines is 1. The fraction of sp³-hybridized carbons (Fsp3) is 0.440. The Labute approximate surface area is 211 Å². The van der Waals surface area contributed by atoms with Crippen molar-refractivity contribution < 1.29 is 18.0 Å². The van der Waals surface area contributed by atoms with E-state index in [1.54, 1.807) is 13.0 Å². The van der Waals surface area contributed by atoms with Crippen molar-refractivity contribution in [3.05, 3.63) is 63.6 Å². The minimum Gasteiger partial charge on any atom is -0.354 e. The van der Waals surface area contributed by atoms with Crippen molar-refractivity contribution in [2.24, 2.45) is 5.92 Å². The van der Waals surface area contributed by atoms with Gasteiger partial charge in [-0.05, 0) is 56.0 Å². The van der Waals surface area contributed by atoms with Crippen molar-refractivity contribution in [3.63, 3.8) is 0 Å². The monoisotopic (exact) mass is 551 g/mol. The van der Waals surface area contributed by atoms with Crippen LogP contribution in [0.15, 0.2) is 46.9 Å². The molecule has 0 spiro atoms. The predicted molar refractivity (Wildman–Crippen MR) is 140 cm³/mol. The van der Waals surface area contributed by atoms with E-state index in [0.29, 0.717) is 12.2 Å². The lowest BCUT2D eigenvalue weighted by atomic mass is 10.1. The van der Waals surface area contributed by atoms with E-state index in [0.717, 1.165) is 31.7 Å². The molecule has 1 atom stereocenters. The van der Waals surface area contributed by atoms with Gasteiger partial charge in [0, 0.05) is 17.6 Å². The summed E-state index contributed by atoms with van der Waals surface area (Å²) in [6.45, 7) is 9.63. The first-order valence-corrected chi connectivity index (χ1v) is 13.8. The zero-order valence-electron chi connectivity index (χ0n) is 20.6. The SMILES string of the molecule is Cc1ccc(N(CC(=O)N(Cc2ccc(Br)cc2)[C@H](C)C(=O)NCC(C)C)S(C)(=O)=O)c(C)c1. The summed E-state index contributed by atoms with van der Waals surface area (Å²) in [5.41, 5.74) is 3.02. The molecule has 0 heterocycles. The maximum Gasteiger partial charge on any atom is 0.244 e. The van der Waals surface area contributed by atoms with Crippen LogP contribution >= 0.6 is 15.9 Å². The Bertz CT molecular complexity index is 1120. The van der Waals surface area contributed by atoms with Gasteiger partial charge in [-0.2, -0.15) is 0 Å². The van der Waals surface area contributed by atoms with Crippen LogP contribution in [-0.2, 0) is 26.2 Å². The van der Waals surface area contributed by atoms with Crippen LogP contribution in [0.25, 0.3) is 0 Å². The van der Waals surface area contributed by atoms with E-state index >= 15 is 0 Å². The summed E-state index contributed by atoms with van der Waals surface area (Å²) in [5.74, 6) is -0.478. The van der Waals surface area contributed by atoms with Gasteiger partial charge in [0.25, 0.3) is 0 Å². The van der Waals surface area contributed by atoms with Gasteiger partial charge < -0.3 is 10.2 Å². The molecule has 0 aliphatic heterocycles. The second kappa shape index (κ2) is 11.8. The first-order valence-electron chi connectivity index (χ1n) is 11.2. The fourth-order valence-corrected chi connectivity index (χ4v) is 4.67. The van der Waals surface area contributed by atoms with Crippen LogP contribution in [0.5, 0.6) is 0 Å². The molecule has 0 bridgehead atoms. The quantitative estimate of drug-likeness (QED) is 0.483. The highest BCUT2D eigenvalue weighted by atomic mass is 79.9. The number of carbonyl (C=O) groups excluding carboxylic acids is 2. The van der Waals surface area contributed by atoms with Gasteiger partial charge in [-0.25, -0.2) is 8.42 Å². The standard InChI is InChI=1S/C25H34BrN3O4S/c1-17(2)14-27-25(31)20(5)28(15-21-8-10-22(26)11-9-21)24(30)16-29(34(6,32)33)23-12-7-18(3)13-19(23)4/h7-13,17,20H,14-16H2,1-6H3,(H,27,31)/t20-/m1/s1. The number of nitrogens with one attached hydrogen (secondary N) is 1. The molecule has 2 amide bonds. The molecule has 9 heteroatoms. The highest BCUT2D eigenvalue weighted by molar-refractivity contribution is 9.10. The van der Waals surface area contributed by atoms with E-state index < -0.39 is 28.5 Å². The number of amides is 2. The number of hydrogen-bond donors (Lipinski definition) is 1. The molecule has 0 aliphatic rings. The van der Waals surface area contributed by atoms with Crippen LogP contribution in [0, 0.1) is 19.8 Å². The Kier molecular flexibility index (Phi) is 9.70. The Morgan fingerprint density at radius 2 is 1.65 bits per heavy atom. The van der Waals surface area contributed by atoms with Gasteiger partial charge in [0.1, 0.15) is 12.6 Å². The van der Waals surface area contributed by atoms with Gasteiger partial charge in [-0.15, -0.1) is 0 Å². The molecule has 2 aromatic rings. The maximum atomic E-state index is 13.5. The van der Waals surface area contributed by atoms with Crippen LogP contribution in [0.4, 0.5) is 5.69 Å². The van der Waals surface area contributed by atoms with Crippen LogP contribution in [0.3, 0.4) is 0 Å². The number of sulfonamides is 1. The average molecular weight is 553 g/mol. The molecule has 2 aromatic carbocycles. The van der Waals surface area contributed by atoms with Crippen molar-refractivity contribution in [3.8, 4) is 0 Å². The Morgan fingerprint density at radius 3 is 2.18 bits per heavy atom. The number of benzene rings is 2. The molecule has 2 rings (SSSR count). The summed E-state index contributed by atoms with van der Waals surface area (Å²) in [6.07, 6.45) is 1.08. The molecule has 0 radical (unpaired) electrons. The smallest absolute Gasteiger partial charge is 0.244 e. The summed E-state index contributed by atoms with van der Waals surface area (Å²) < 4.78 is 27.4. The molecule has 0 saturated heterocycles. The van der Waals surface area contributed by atoms with Crippen LogP contribution in [-0.4, -0.2) is 50.5 Å². The van der Waals surface area contributed by atoms with Crippen molar-refractivity contribution in [2.75, 3.05) is 23.7 Å². The first-order chi connectivity index (χ1) is 15.8. The Morgan fingerprint density at radius 1 is 1.03 bits per heavy atom. The second-order valence-electron chi connectivity index (χ2n) is 9.02. The third-order valence-corrected chi connectivity index (χ3v) is 7.07. The lowest BCUT2D eigenvalue weighted by Crippen LogP contribution is -2.51. The fourth-order valence-electron chi connectivity index (χ4n) is 3.50. The van der Waals surface area contributed by atoms with Crippen molar-refractivity contribution in [1.82, 2.24) is 10.2 Å². The van der Waals surface area contributed by atoms with Crippen LogP contribution < -0.4 is 9.62 Å². The topological polar surface area (TPSA) is 86.8 Å². The minimum atomic E-state index is -3.75. The van der Waals surface area contributed by atoms with Gasteiger partial charge >= 0.3 is 0 Å². The van der Waals surface area contributed by atoms with E-state index in [-0.39, 0.29) is 18.4 Å². The van der Waals surface area contributed by atoms with E-state index in [1.807, 2.05) is 64.1 Å². The largest absolute Gasteiger partial charge is 0.354 e. The lowest BCUT2D eigenvalue weighted by Gasteiger charge is -2.32. The minimum absolute atomic E-state index is 0.173. The summed E-state index contributed by atoms with van der Waals surface area (Å²) >= 11 is 3.40. The molecule has 0 unspecified atom stereocenters. The Balaban J connectivity index is 2.39. The molecule has 1 N–H and O–H groups in total. The highest BCUT2D eigenvalue weighted by Crippen LogP contribution is 2.24. The van der Waals surface area contributed by atoms with E-state index in [1.165, 1.54) is 4.90 Å². The number of carbonyl (C=O) groups is 2. The lowest BCUT2D eigenvalue weighted by molar-refractivity contribution is -0.139. The summed E-state index contributed by atoms with van der Waals surface area (Å²) in [7, 11) is -3.75. The third-order valence-electron chi connectivity index (χ3n) is 5.42. The van der Waals surface area contributed by atoms with E-state index in [9.17, 15) is 18.0 Å². The third kappa shape index (κ3) is 7.84. The van der Waals surface area contributed by atoms with Crippen LogP contribution in [0.2, 0.25) is 0 Å². The summed E-state index contributed by atoms with van der Waals surface area (Å²) in [6, 6.07) is 12.1. The van der Waals surface area contributed by atoms with Gasteiger partial charge in [-0.3, -0.25) is 13.9 Å². The van der Waals surface area contributed by atoms with Gasteiger partial charge in [-0.1, -0.05) is 59.6 Å². The predicted octanol–water partition coefficient (Wildman–Crippen LogP) is 4.02. The summed E-state index contributed by atoms with van der Waals surface area (Å²) in [4.78, 5) is 27.8. The zero-order chi connectivity index (χ0) is 25.6. The van der Waals surface area contributed by atoms with Crippen molar-refractivity contribution in [1.29, 1.82) is 0 Å². The number of rotatable bonds is 10. The molecule has 7 nitrogen and oxygen atoms in total. The van der Waals surface area contributed by atoms with E-state index in [2.05, 4.69) is 21.2 Å². The van der Waals surface area contributed by atoms with Gasteiger partial charge in [0.15, 0.2) is 0 Å². The normalized spacial score (nSPS) is 12.4. The molecule has 0 fully saturated rings. The first kappa shape index (κ1) is 27.9. The van der Waals surface area contributed by atoms with Crippen LogP contribution in [0.1, 0.15) is 37.5 Å². The maximum absolute atomic E-state index is 13.5. The molecule has 0 aliphatic carbocycles. The Hall–Kier alpha value is -2.39. The van der Waals surface area contributed by atoms with Crippen molar-refractivity contribution >= 4 is 43.5 Å². The zero-order valence-corrected chi connectivity index (χ0v) is 23.0. The molecular formula is C25H34BrN3O4S. The number of aryl methyl sites for hydroxylation is 2. The van der Waals surface area contributed by atoms with Gasteiger partial charge in [0.2, 0.25) is 21.8 Å². The molecule has 186 valence electrons. The van der Waals surface area contributed by atoms with Gasteiger partial charge in [0.05, 0.1) is 11.9 Å². The summed E-state index contributed by atoms with van der Waals surface area (Å²) in [5, 5.41) is 2.87. The number of hydrogen-bond acceptors (Lipinski definition) is 4. The number of nitrogens with zero attached hydrogens (tertiary/aromatic N) is 2. The van der Waals surface area contributed by atoms with E-state index in [4.69, 9.17) is 0 Å². The molecule has 34 heavy (non-hydrogen) atoms. The average Bonchev–Trinajstić information content (AvgIpc) is 2.74. The molecule has 0 saturated carbocycles.